The van der Waals surface area contributed by atoms with Crippen LogP contribution in [0.1, 0.15) is 33.3 Å². The molecule has 1 unspecified atom stereocenters. The number of hydrogen-bond donors (Lipinski definition) is 1. The first kappa shape index (κ1) is 14.9. The molecule has 0 aliphatic rings. The molecular weight excluding hydrogens is 228 g/mol. The van der Waals surface area contributed by atoms with Crippen LogP contribution in [0.15, 0.2) is 18.5 Å². The van der Waals surface area contributed by atoms with Gasteiger partial charge in [0.15, 0.2) is 0 Å². The van der Waals surface area contributed by atoms with E-state index in [9.17, 15) is 0 Å². The standard InChI is InChI=1S/C14H24N2O2/c1-11(10-17-5)18-13-6-7-15-8-12(13)9-16-14(2,3)4/h6-8,11,16H,9-10H2,1-5H3. The second-order valence-corrected chi connectivity index (χ2v) is 5.47. The molecule has 0 saturated carbocycles. The Morgan fingerprint density at radius 2 is 2.11 bits per heavy atom. The molecule has 1 rings (SSSR count). The summed E-state index contributed by atoms with van der Waals surface area (Å²) < 4.78 is 10.9. The van der Waals surface area contributed by atoms with Crippen molar-refractivity contribution in [3.8, 4) is 5.75 Å². The molecule has 1 aromatic heterocycles. The van der Waals surface area contributed by atoms with Gasteiger partial charge in [-0.05, 0) is 33.8 Å². The topological polar surface area (TPSA) is 43.4 Å². The first-order chi connectivity index (χ1) is 8.42. The first-order valence-corrected chi connectivity index (χ1v) is 6.26. The fraction of sp³-hybridized carbons (Fsp3) is 0.643. The van der Waals surface area contributed by atoms with E-state index in [0.717, 1.165) is 17.9 Å². The van der Waals surface area contributed by atoms with Gasteiger partial charge >= 0.3 is 0 Å². The van der Waals surface area contributed by atoms with Gasteiger partial charge in [-0.1, -0.05) is 0 Å². The Labute approximate surface area is 110 Å². The normalized spacial score (nSPS) is 13.4. The Morgan fingerprint density at radius 3 is 2.72 bits per heavy atom. The maximum atomic E-state index is 5.85. The summed E-state index contributed by atoms with van der Waals surface area (Å²) in [5.74, 6) is 0.867. The molecule has 0 spiro atoms. The summed E-state index contributed by atoms with van der Waals surface area (Å²) in [7, 11) is 1.68. The van der Waals surface area contributed by atoms with Crippen molar-refractivity contribution in [3.05, 3.63) is 24.0 Å². The van der Waals surface area contributed by atoms with E-state index in [1.165, 1.54) is 0 Å². The Bertz CT molecular complexity index is 361. The minimum absolute atomic E-state index is 0.0331. The maximum Gasteiger partial charge on any atom is 0.127 e. The van der Waals surface area contributed by atoms with E-state index in [-0.39, 0.29) is 11.6 Å². The number of aromatic nitrogens is 1. The lowest BCUT2D eigenvalue weighted by Gasteiger charge is -2.22. The monoisotopic (exact) mass is 252 g/mol. The maximum absolute atomic E-state index is 5.85. The third kappa shape index (κ3) is 5.47. The highest BCUT2D eigenvalue weighted by Gasteiger charge is 2.12. The lowest BCUT2D eigenvalue weighted by atomic mass is 10.1. The predicted molar refractivity (Wildman–Crippen MR) is 72.8 cm³/mol. The SMILES string of the molecule is COCC(C)Oc1ccncc1CNC(C)(C)C. The van der Waals surface area contributed by atoms with Crippen molar-refractivity contribution in [2.75, 3.05) is 13.7 Å². The van der Waals surface area contributed by atoms with Crippen LogP contribution >= 0.6 is 0 Å². The van der Waals surface area contributed by atoms with Gasteiger partial charge in [0.05, 0.1) is 6.61 Å². The summed E-state index contributed by atoms with van der Waals surface area (Å²) in [6, 6.07) is 1.89. The van der Waals surface area contributed by atoms with Crippen LogP contribution in [0.25, 0.3) is 0 Å². The lowest BCUT2D eigenvalue weighted by Crippen LogP contribution is -2.35. The zero-order valence-corrected chi connectivity index (χ0v) is 12.0. The second-order valence-electron chi connectivity index (χ2n) is 5.47. The molecule has 0 radical (unpaired) electrons. The van der Waals surface area contributed by atoms with Crippen molar-refractivity contribution in [1.29, 1.82) is 0 Å². The molecule has 0 aliphatic carbocycles. The van der Waals surface area contributed by atoms with E-state index in [4.69, 9.17) is 9.47 Å². The number of ether oxygens (including phenoxy) is 2. The molecule has 0 saturated heterocycles. The molecule has 4 heteroatoms. The fourth-order valence-corrected chi connectivity index (χ4v) is 1.51. The summed E-state index contributed by atoms with van der Waals surface area (Å²) in [5.41, 5.74) is 1.14. The molecule has 18 heavy (non-hydrogen) atoms. The predicted octanol–water partition coefficient (Wildman–Crippen LogP) is 2.38. The molecule has 102 valence electrons. The van der Waals surface area contributed by atoms with Crippen LogP contribution in [-0.4, -0.2) is 30.3 Å². The van der Waals surface area contributed by atoms with Gasteiger partial charge in [0, 0.05) is 37.2 Å². The van der Waals surface area contributed by atoms with Crippen molar-refractivity contribution >= 4 is 0 Å². The zero-order chi connectivity index (χ0) is 13.6. The summed E-state index contributed by atoms with van der Waals surface area (Å²) in [5, 5.41) is 3.43. The van der Waals surface area contributed by atoms with Crippen molar-refractivity contribution in [2.24, 2.45) is 0 Å². The Balaban J connectivity index is 2.67. The highest BCUT2D eigenvalue weighted by atomic mass is 16.5. The molecule has 0 aliphatic heterocycles. The number of rotatable bonds is 6. The van der Waals surface area contributed by atoms with Gasteiger partial charge in [0.2, 0.25) is 0 Å². The molecule has 0 aromatic carbocycles. The Morgan fingerprint density at radius 1 is 1.39 bits per heavy atom. The summed E-state index contributed by atoms with van der Waals surface area (Å²) in [4.78, 5) is 4.15. The van der Waals surface area contributed by atoms with Crippen LogP contribution < -0.4 is 10.1 Å². The van der Waals surface area contributed by atoms with E-state index in [1.807, 2.05) is 19.2 Å². The molecule has 1 atom stereocenters. The van der Waals surface area contributed by atoms with Crippen molar-refractivity contribution in [3.63, 3.8) is 0 Å². The largest absolute Gasteiger partial charge is 0.488 e. The number of hydrogen-bond acceptors (Lipinski definition) is 4. The second kappa shape index (κ2) is 6.71. The number of nitrogens with zero attached hydrogens (tertiary/aromatic N) is 1. The highest BCUT2D eigenvalue weighted by Crippen LogP contribution is 2.19. The highest BCUT2D eigenvalue weighted by molar-refractivity contribution is 5.30. The van der Waals surface area contributed by atoms with E-state index >= 15 is 0 Å². The molecule has 1 aromatic rings. The van der Waals surface area contributed by atoms with E-state index in [2.05, 4.69) is 31.1 Å². The molecule has 1 heterocycles. The van der Waals surface area contributed by atoms with Gasteiger partial charge in [-0.15, -0.1) is 0 Å². The van der Waals surface area contributed by atoms with E-state index < -0.39 is 0 Å². The molecule has 0 bridgehead atoms. The molecule has 4 nitrogen and oxygen atoms in total. The Hall–Kier alpha value is -1.13. The van der Waals surface area contributed by atoms with E-state index in [0.29, 0.717) is 6.61 Å². The summed E-state index contributed by atoms with van der Waals surface area (Å²) in [6.45, 7) is 9.72. The average molecular weight is 252 g/mol. The summed E-state index contributed by atoms with van der Waals surface area (Å²) in [6.07, 6.45) is 3.62. The molecular formula is C14H24N2O2. The molecule has 1 N–H and O–H groups in total. The van der Waals surface area contributed by atoms with Crippen molar-refractivity contribution in [1.82, 2.24) is 10.3 Å². The van der Waals surface area contributed by atoms with Crippen LogP contribution in [-0.2, 0) is 11.3 Å². The van der Waals surface area contributed by atoms with Gasteiger partial charge < -0.3 is 14.8 Å². The van der Waals surface area contributed by atoms with Crippen LogP contribution in [0.4, 0.5) is 0 Å². The number of pyridine rings is 1. The van der Waals surface area contributed by atoms with Gasteiger partial charge in [-0.3, -0.25) is 4.98 Å². The fourth-order valence-electron chi connectivity index (χ4n) is 1.51. The Kier molecular flexibility index (Phi) is 5.56. The lowest BCUT2D eigenvalue weighted by molar-refractivity contribution is 0.0912. The van der Waals surface area contributed by atoms with Crippen molar-refractivity contribution < 1.29 is 9.47 Å². The number of nitrogens with one attached hydrogen (secondary N) is 1. The van der Waals surface area contributed by atoms with Crippen LogP contribution in [0.2, 0.25) is 0 Å². The van der Waals surface area contributed by atoms with Gasteiger partial charge in [0.25, 0.3) is 0 Å². The van der Waals surface area contributed by atoms with Crippen LogP contribution in [0.3, 0.4) is 0 Å². The van der Waals surface area contributed by atoms with Gasteiger partial charge in [-0.25, -0.2) is 0 Å². The average Bonchev–Trinajstić information content (AvgIpc) is 2.27. The molecule has 0 amide bonds. The quantitative estimate of drug-likeness (QED) is 0.844. The smallest absolute Gasteiger partial charge is 0.127 e. The van der Waals surface area contributed by atoms with Gasteiger partial charge in [-0.2, -0.15) is 0 Å². The first-order valence-electron chi connectivity index (χ1n) is 6.26. The zero-order valence-electron chi connectivity index (χ0n) is 12.0. The molecule has 0 fully saturated rings. The van der Waals surface area contributed by atoms with Crippen LogP contribution in [0, 0.1) is 0 Å². The third-order valence-electron chi connectivity index (χ3n) is 2.40. The minimum atomic E-state index is 0.0331. The van der Waals surface area contributed by atoms with E-state index in [1.54, 1.807) is 13.3 Å². The van der Waals surface area contributed by atoms with Crippen LogP contribution in [0.5, 0.6) is 5.75 Å². The van der Waals surface area contributed by atoms with Gasteiger partial charge in [0.1, 0.15) is 11.9 Å². The third-order valence-corrected chi connectivity index (χ3v) is 2.40. The minimum Gasteiger partial charge on any atom is -0.488 e. The number of methoxy groups -OCH3 is 1. The van der Waals surface area contributed by atoms with Crippen molar-refractivity contribution in [2.45, 2.75) is 45.9 Å². The summed E-state index contributed by atoms with van der Waals surface area (Å²) >= 11 is 0.